The molecule has 2 amide bonds. The van der Waals surface area contributed by atoms with E-state index in [-0.39, 0.29) is 22.2 Å². The fourth-order valence-corrected chi connectivity index (χ4v) is 2.13. The molecule has 0 saturated heterocycles. The summed E-state index contributed by atoms with van der Waals surface area (Å²) in [5, 5.41) is 14.5. The molecule has 5 nitrogen and oxygen atoms in total. The molecule has 0 aliphatic carbocycles. The van der Waals surface area contributed by atoms with Crippen molar-refractivity contribution in [3.8, 4) is 0 Å². The third-order valence-corrected chi connectivity index (χ3v) is 3.10. The number of urea groups is 1. The van der Waals surface area contributed by atoms with E-state index in [0.717, 1.165) is 12.8 Å². The number of rotatable bonds is 5. The molecular formula is C14H19ClN2O3. The number of carboxylic acid groups (broad SMARTS) is 1. The van der Waals surface area contributed by atoms with Crippen molar-refractivity contribution in [2.75, 3.05) is 5.32 Å². The number of carboxylic acids is 1. The van der Waals surface area contributed by atoms with Crippen LogP contribution in [0.15, 0.2) is 18.2 Å². The molecule has 0 unspecified atom stereocenters. The van der Waals surface area contributed by atoms with Crippen LogP contribution in [0.1, 0.15) is 44.0 Å². The number of halogens is 1. The van der Waals surface area contributed by atoms with Gasteiger partial charge in [0.1, 0.15) is 0 Å². The fourth-order valence-electron chi connectivity index (χ4n) is 1.90. The topological polar surface area (TPSA) is 78.4 Å². The van der Waals surface area contributed by atoms with Gasteiger partial charge in [-0.05, 0) is 38.5 Å². The molecule has 110 valence electrons. The number of benzene rings is 1. The molecule has 1 aromatic carbocycles. The van der Waals surface area contributed by atoms with E-state index in [9.17, 15) is 9.59 Å². The maximum atomic E-state index is 11.9. The molecule has 3 N–H and O–H groups in total. The molecule has 0 saturated carbocycles. The number of carbonyl (C=O) groups is 2. The van der Waals surface area contributed by atoms with Gasteiger partial charge in [-0.25, -0.2) is 9.59 Å². The summed E-state index contributed by atoms with van der Waals surface area (Å²) in [5.41, 5.74) is 0.139. The first-order chi connectivity index (χ1) is 9.25. The average molecular weight is 299 g/mol. The molecule has 1 rings (SSSR count). The van der Waals surface area contributed by atoms with Gasteiger partial charge in [0.15, 0.2) is 0 Å². The molecule has 0 radical (unpaired) electrons. The smallest absolute Gasteiger partial charge is 0.335 e. The normalized spacial score (nSPS) is 11.0. The van der Waals surface area contributed by atoms with E-state index >= 15 is 0 Å². The zero-order valence-electron chi connectivity index (χ0n) is 11.8. The van der Waals surface area contributed by atoms with Gasteiger partial charge in [-0.1, -0.05) is 24.9 Å². The lowest BCUT2D eigenvalue weighted by Gasteiger charge is -2.26. The minimum Gasteiger partial charge on any atom is -0.478 e. The maximum Gasteiger partial charge on any atom is 0.335 e. The van der Waals surface area contributed by atoms with E-state index in [1.54, 1.807) is 0 Å². The van der Waals surface area contributed by atoms with Crippen molar-refractivity contribution in [3.63, 3.8) is 0 Å². The Morgan fingerprint density at radius 1 is 1.35 bits per heavy atom. The molecule has 0 spiro atoms. The van der Waals surface area contributed by atoms with Crippen molar-refractivity contribution >= 4 is 29.3 Å². The van der Waals surface area contributed by atoms with E-state index < -0.39 is 5.97 Å². The minimum atomic E-state index is -1.06. The average Bonchev–Trinajstić information content (AvgIpc) is 2.30. The first-order valence-corrected chi connectivity index (χ1v) is 6.75. The van der Waals surface area contributed by atoms with Crippen LogP contribution in [-0.2, 0) is 0 Å². The molecular weight excluding hydrogens is 280 g/mol. The molecule has 6 heteroatoms. The van der Waals surface area contributed by atoms with Crippen molar-refractivity contribution in [1.29, 1.82) is 0 Å². The maximum absolute atomic E-state index is 11.9. The molecule has 0 aliphatic rings. The molecule has 20 heavy (non-hydrogen) atoms. The quantitative estimate of drug-likeness (QED) is 0.775. The van der Waals surface area contributed by atoms with E-state index in [1.807, 2.05) is 20.8 Å². The van der Waals surface area contributed by atoms with Crippen LogP contribution in [0.2, 0.25) is 5.02 Å². The monoisotopic (exact) mass is 298 g/mol. The first kappa shape index (κ1) is 16.3. The van der Waals surface area contributed by atoms with Crippen LogP contribution in [0.25, 0.3) is 0 Å². The van der Waals surface area contributed by atoms with Crippen LogP contribution in [0.4, 0.5) is 10.5 Å². The second-order valence-electron chi connectivity index (χ2n) is 5.21. The number of amides is 2. The predicted octanol–water partition coefficient (Wildman–Crippen LogP) is 3.74. The van der Waals surface area contributed by atoms with Gasteiger partial charge in [0.05, 0.1) is 16.3 Å². The standard InChI is InChI=1S/C14H19ClN2O3/c1-4-7-14(2,3)17-13(20)16-11-6-5-9(12(18)19)8-10(11)15/h5-6,8H,4,7H2,1-3H3,(H,18,19)(H2,16,17,20). The van der Waals surface area contributed by atoms with Crippen LogP contribution < -0.4 is 10.6 Å². The molecule has 0 fully saturated rings. The highest BCUT2D eigenvalue weighted by Gasteiger charge is 2.19. The van der Waals surface area contributed by atoms with Crippen LogP contribution in [0.3, 0.4) is 0 Å². The number of hydrogen-bond acceptors (Lipinski definition) is 2. The SMILES string of the molecule is CCCC(C)(C)NC(=O)Nc1ccc(C(=O)O)cc1Cl. The Bertz CT molecular complexity index is 515. The Labute approximate surface area is 123 Å². The number of hydrogen-bond donors (Lipinski definition) is 3. The Kier molecular flexibility index (Phi) is 5.39. The summed E-state index contributed by atoms with van der Waals surface area (Å²) >= 11 is 5.94. The Morgan fingerprint density at radius 3 is 2.50 bits per heavy atom. The van der Waals surface area contributed by atoms with Gasteiger partial charge >= 0.3 is 12.0 Å². The zero-order chi connectivity index (χ0) is 15.3. The summed E-state index contributed by atoms with van der Waals surface area (Å²) in [5.74, 6) is -1.06. The lowest BCUT2D eigenvalue weighted by atomic mass is 9.99. The summed E-state index contributed by atoms with van der Waals surface area (Å²) in [7, 11) is 0. The van der Waals surface area contributed by atoms with Crippen molar-refractivity contribution in [2.24, 2.45) is 0 Å². The Balaban J connectivity index is 2.74. The largest absolute Gasteiger partial charge is 0.478 e. The highest BCUT2D eigenvalue weighted by molar-refractivity contribution is 6.34. The summed E-state index contributed by atoms with van der Waals surface area (Å²) in [4.78, 5) is 22.7. The summed E-state index contributed by atoms with van der Waals surface area (Å²) in [6.45, 7) is 5.92. The van der Waals surface area contributed by atoms with Crippen molar-refractivity contribution < 1.29 is 14.7 Å². The Morgan fingerprint density at radius 2 is 2.00 bits per heavy atom. The number of carbonyl (C=O) groups excluding carboxylic acids is 1. The third-order valence-electron chi connectivity index (χ3n) is 2.79. The first-order valence-electron chi connectivity index (χ1n) is 6.37. The van der Waals surface area contributed by atoms with Crippen LogP contribution in [0.5, 0.6) is 0 Å². The van der Waals surface area contributed by atoms with Crippen LogP contribution >= 0.6 is 11.6 Å². The van der Waals surface area contributed by atoms with Gasteiger partial charge in [0, 0.05) is 5.54 Å². The lowest BCUT2D eigenvalue weighted by Crippen LogP contribution is -2.45. The summed E-state index contributed by atoms with van der Waals surface area (Å²) in [6, 6.07) is 3.80. The molecule has 0 aliphatic heterocycles. The third kappa shape index (κ3) is 4.74. The second kappa shape index (κ2) is 6.61. The van der Waals surface area contributed by atoms with Gasteiger partial charge in [0.25, 0.3) is 0 Å². The van der Waals surface area contributed by atoms with Crippen molar-refractivity contribution in [3.05, 3.63) is 28.8 Å². The molecule has 0 bridgehead atoms. The number of aromatic carboxylic acids is 1. The van der Waals surface area contributed by atoms with E-state index in [4.69, 9.17) is 16.7 Å². The number of anilines is 1. The van der Waals surface area contributed by atoms with Crippen molar-refractivity contribution in [2.45, 2.75) is 39.2 Å². The highest BCUT2D eigenvalue weighted by Crippen LogP contribution is 2.23. The van der Waals surface area contributed by atoms with Crippen LogP contribution in [-0.4, -0.2) is 22.6 Å². The molecule has 1 aromatic rings. The summed E-state index contributed by atoms with van der Waals surface area (Å²) < 4.78 is 0. The van der Waals surface area contributed by atoms with Gasteiger partial charge in [-0.15, -0.1) is 0 Å². The zero-order valence-corrected chi connectivity index (χ0v) is 12.5. The fraction of sp³-hybridized carbons (Fsp3) is 0.429. The van der Waals surface area contributed by atoms with E-state index in [2.05, 4.69) is 10.6 Å². The molecule has 0 heterocycles. The van der Waals surface area contributed by atoms with Gasteiger partial charge in [-0.3, -0.25) is 0 Å². The minimum absolute atomic E-state index is 0.0762. The lowest BCUT2D eigenvalue weighted by molar-refractivity contribution is 0.0697. The van der Waals surface area contributed by atoms with E-state index in [0.29, 0.717) is 5.69 Å². The van der Waals surface area contributed by atoms with Crippen LogP contribution in [0, 0.1) is 0 Å². The number of nitrogens with one attached hydrogen (secondary N) is 2. The highest BCUT2D eigenvalue weighted by atomic mass is 35.5. The molecule has 0 aromatic heterocycles. The predicted molar refractivity (Wildman–Crippen MR) is 79.6 cm³/mol. The van der Waals surface area contributed by atoms with Crippen molar-refractivity contribution in [1.82, 2.24) is 5.32 Å². The van der Waals surface area contributed by atoms with Gasteiger partial charge < -0.3 is 15.7 Å². The summed E-state index contributed by atoms with van der Waals surface area (Å²) in [6.07, 6.45) is 1.81. The van der Waals surface area contributed by atoms with Gasteiger partial charge in [0.2, 0.25) is 0 Å². The van der Waals surface area contributed by atoms with Gasteiger partial charge in [-0.2, -0.15) is 0 Å². The van der Waals surface area contributed by atoms with E-state index in [1.165, 1.54) is 18.2 Å². The molecule has 0 atom stereocenters. The second-order valence-corrected chi connectivity index (χ2v) is 5.62. The Hall–Kier alpha value is -1.75.